The first-order valence-corrected chi connectivity index (χ1v) is 8.25. The number of hydrogen-bond donors (Lipinski definition) is 1. The standard InChI is InChI=1S/C15H21N3OS/c1-10-9-12(13(16)20-10)15-17-14(18-19-15)11-7-5-3-2-4-6-8-11/h9,11H,2-8,16H2,1H3. The van der Waals surface area contributed by atoms with Crippen LogP contribution in [0.4, 0.5) is 5.00 Å². The van der Waals surface area contributed by atoms with Crippen molar-refractivity contribution < 1.29 is 4.52 Å². The predicted octanol–water partition coefficient (Wildman–Crippen LogP) is 4.52. The monoisotopic (exact) mass is 291 g/mol. The molecule has 0 bridgehead atoms. The molecule has 2 heterocycles. The zero-order valence-corrected chi connectivity index (χ0v) is 12.7. The van der Waals surface area contributed by atoms with Crippen LogP contribution in [0.5, 0.6) is 0 Å². The van der Waals surface area contributed by atoms with Gasteiger partial charge in [0.05, 0.1) is 10.6 Å². The maximum atomic E-state index is 6.00. The van der Waals surface area contributed by atoms with Crippen LogP contribution in [0, 0.1) is 6.92 Å². The van der Waals surface area contributed by atoms with Crippen molar-refractivity contribution in [2.24, 2.45) is 0 Å². The van der Waals surface area contributed by atoms with Gasteiger partial charge in [-0.25, -0.2) is 0 Å². The molecule has 1 saturated carbocycles. The van der Waals surface area contributed by atoms with Gasteiger partial charge in [0.2, 0.25) is 0 Å². The van der Waals surface area contributed by atoms with E-state index in [0.717, 1.165) is 16.4 Å². The first-order valence-electron chi connectivity index (χ1n) is 7.44. The van der Waals surface area contributed by atoms with Crippen molar-refractivity contribution >= 4 is 16.3 Å². The summed E-state index contributed by atoms with van der Waals surface area (Å²) in [6.45, 7) is 2.04. The molecule has 0 unspecified atom stereocenters. The second-order valence-electron chi connectivity index (χ2n) is 5.63. The molecule has 0 amide bonds. The van der Waals surface area contributed by atoms with Crippen LogP contribution >= 0.6 is 11.3 Å². The second-order valence-corrected chi connectivity index (χ2v) is 6.92. The number of anilines is 1. The van der Waals surface area contributed by atoms with E-state index in [0.29, 0.717) is 11.8 Å². The number of thiophene rings is 1. The Balaban J connectivity index is 1.80. The van der Waals surface area contributed by atoms with Gasteiger partial charge in [0.25, 0.3) is 5.89 Å². The minimum atomic E-state index is 0.453. The molecule has 2 N–H and O–H groups in total. The van der Waals surface area contributed by atoms with E-state index in [1.807, 2.05) is 13.0 Å². The Labute approximate surface area is 123 Å². The summed E-state index contributed by atoms with van der Waals surface area (Å²) in [6.07, 6.45) is 8.93. The van der Waals surface area contributed by atoms with Crippen molar-refractivity contribution in [2.45, 2.75) is 57.8 Å². The first-order chi connectivity index (χ1) is 9.74. The van der Waals surface area contributed by atoms with Crippen molar-refractivity contribution in [3.8, 4) is 11.5 Å². The van der Waals surface area contributed by atoms with Crippen molar-refractivity contribution in [3.05, 3.63) is 16.8 Å². The van der Waals surface area contributed by atoms with E-state index in [2.05, 4.69) is 10.1 Å². The van der Waals surface area contributed by atoms with Crippen molar-refractivity contribution in [2.75, 3.05) is 5.73 Å². The van der Waals surface area contributed by atoms with Gasteiger partial charge in [0, 0.05) is 10.8 Å². The molecule has 0 aliphatic heterocycles. The predicted molar refractivity (Wildman–Crippen MR) is 81.8 cm³/mol. The zero-order valence-electron chi connectivity index (χ0n) is 11.9. The van der Waals surface area contributed by atoms with E-state index in [-0.39, 0.29) is 0 Å². The Kier molecular flexibility index (Phi) is 4.05. The lowest BCUT2D eigenvalue weighted by molar-refractivity contribution is 0.393. The van der Waals surface area contributed by atoms with Crippen LogP contribution in [0.15, 0.2) is 10.6 Å². The molecule has 5 heteroatoms. The molecule has 0 radical (unpaired) electrons. The number of nitrogen functional groups attached to an aromatic ring is 1. The van der Waals surface area contributed by atoms with Gasteiger partial charge in [0.1, 0.15) is 0 Å². The van der Waals surface area contributed by atoms with Crippen molar-refractivity contribution in [3.63, 3.8) is 0 Å². The Morgan fingerprint density at radius 1 is 1.20 bits per heavy atom. The molecule has 1 aliphatic carbocycles. The molecule has 3 rings (SSSR count). The van der Waals surface area contributed by atoms with E-state index >= 15 is 0 Å². The summed E-state index contributed by atoms with van der Waals surface area (Å²) < 4.78 is 5.44. The molecule has 0 atom stereocenters. The van der Waals surface area contributed by atoms with E-state index in [1.54, 1.807) is 11.3 Å². The zero-order chi connectivity index (χ0) is 13.9. The van der Waals surface area contributed by atoms with Crippen LogP contribution in [0.25, 0.3) is 11.5 Å². The highest BCUT2D eigenvalue weighted by molar-refractivity contribution is 7.16. The summed E-state index contributed by atoms with van der Waals surface area (Å²) in [5.41, 5.74) is 6.88. The van der Waals surface area contributed by atoms with Crippen LogP contribution in [0.1, 0.15) is 61.6 Å². The van der Waals surface area contributed by atoms with Gasteiger partial charge < -0.3 is 10.3 Å². The third-order valence-corrected chi connectivity index (χ3v) is 4.91. The third-order valence-electron chi connectivity index (χ3n) is 4.03. The third kappa shape index (κ3) is 2.87. The minimum absolute atomic E-state index is 0.453. The lowest BCUT2D eigenvalue weighted by Gasteiger charge is -2.15. The molecule has 1 fully saturated rings. The Bertz CT molecular complexity index is 567. The summed E-state index contributed by atoms with van der Waals surface area (Å²) in [7, 11) is 0. The van der Waals surface area contributed by atoms with Gasteiger partial charge in [-0.05, 0) is 25.8 Å². The summed E-state index contributed by atoms with van der Waals surface area (Å²) >= 11 is 1.56. The molecular weight excluding hydrogens is 270 g/mol. The van der Waals surface area contributed by atoms with Gasteiger partial charge in [-0.1, -0.05) is 37.3 Å². The molecule has 2 aromatic heterocycles. The fraction of sp³-hybridized carbons (Fsp3) is 0.600. The number of rotatable bonds is 2. The van der Waals surface area contributed by atoms with Crippen LogP contribution in [0.2, 0.25) is 0 Å². The highest BCUT2D eigenvalue weighted by atomic mass is 32.1. The molecule has 2 aromatic rings. The second kappa shape index (κ2) is 5.95. The van der Waals surface area contributed by atoms with Crippen molar-refractivity contribution in [1.29, 1.82) is 0 Å². The molecule has 0 aromatic carbocycles. The van der Waals surface area contributed by atoms with Gasteiger partial charge in [-0.3, -0.25) is 0 Å². The topological polar surface area (TPSA) is 64.9 Å². The largest absolute Gasteiger partial charge is 0.390 e. The Morgan fingerprint density at radius 3 is 2.55 bits per heavy atom. The highest BCUT2D eigenvalue weighted by Crippen LogP contribution is 2.35. The normalized spacial score (nSPS) is 17.9. The molecule has 4 nitrogen and oxygen atoms in total. The maximum Gasteiger partial charge on any atom is 0.260 e. The Hall–Kier alpha value is -1.36. The quantitative estimate of drug-likeness (QED) is 0.883. The van der Waals surface area contributed by atoms with Crippen LogP contribution in [-0.2, 0) is 0 Å². The summed E-state index contributed by atoms with van der Waals surface area (Å²) in [4.78, 5) is 5.77. The Morgan fingerprint density at radius 2 is 1.90 bits per heavy atom. The van der Waals surface area contributed by atoms with E-state index in [4.69, 9.17) is 10.3 Å². The average Bonchev–Trinajstić information content (AvgIpc) is 2.95. The van der Waals surface area contributed by atoms with E-state index in [1.165, 1.54) is 49.8 Å². The fourth-order valence-electron chi connectivity index (χ4n) is 2.92. The smallest absolute Gasteiger partial charge is 0.260 e. The summed E-state index contributed by atoms with van der Waals surface area (Å²) in [6, 6.07) is 2.02. The molecule has 20 heavy (non-hydrogen) atoms. The highest BCUT2D eigenvalue weighted by Gasteiger charge is 2.21. The van der Waals surface area contributed by atoms with E-state index in [9.17, 15) is 0 Å². The number of aryl methyl sites for hydroxylation is 1. The SMILES string of the molecule is Cc1cc(-c2nc(C3CCCCCCC3)no2)c(N)s1. The van der Waals surface area contributed by atoms with E-state index < -0.39 is 0 Å². The summed E-state index contributed by atoms with van der Waals surface area (Å²) in [5, 5.41) is 4.96. The average molecular weight is 291 g/mol. The maximum absolute atomic E-state index is 6.00. The minimum Gasteiger partial charge on any atom is -0.390 e. The van der Waals surface area contributed by atoms with Gasteiger partial charge in [-0.2, -0.15) is 4.98 Å². The fourth-order valence-corrected chi connectivity index (χ4v) is 3.70. The lowest BCUT2D eigenvalue weighted by atomic mass is 9.91. The lowest BCUT2D eigenvalue weighted by Crippen LogP contribution is -2.04. The molecule has 0 spiro atoms. The number of hydrogen-bond acceptors (Lipinski definition) is 5. The number of nitrogens with two attached hydrogens (primary N) is 1. The molecule has 0 saturated heterocycles. The number of aromatic nitrogens is 2. The van der Waals surface area contributed by atoms with Crippen LogP contribution in [-0.4, -0.2) is 10.1 Å². The van der Waals surface area contributed by atoms with Crippen LogP contribution in [0.3, 0.4) is 0 Å². The molecule has 108 valence electrons. The van der Waals surface area contributed by atoms with Gasteiger partial charge >= 0.3 is 0 Å². The molecule has 1 aliphatic rings. The van der Waals surface area contributed by atoms with Crippen molar-refractivity contribution in [1.82, 2.24) is 10.1 Å². The van der Waals surface area contributed by atoms with Gasteiger partial charge in [-0.15, -0.1) is 11.3 Å². The molecular formula is C15H21N3OS. The van der Waals surface area contributed by atoms with Gasteiger partial charge in [0.15, 0.2) is 5.82 Å². The van der Waals surface area contributed by atoms with Crippen LogP contribution < -0.4 is 5.73 Å². The summed E-state index contributed by atoms with van der Waals surface area (Å²) in [5.74, 6) is 1.89. The number of nitrogens with zero attached hydrogens (tertiary/aromatic N) is 2. The first kappa shape index (κ1) is 13.6.